The molecular formula is C22H12Br6N4O2. The lowest BCUT2D eigenvalue weighted by molar-refractivity contribution is 0.524. The number of alkyl halides is 6. The average molecular weight is 844 g/mol. The van der Waals surface area contributed by atoms with Gasteiger partial charge in [-0.05, 0) is 131 Å². The summed E-state index contributed by atoms with van der Waals surface area (Å²) in [7, 11) is 0. The molecule has 0 aliphatic carbocycles. The second-order valence-corrected chi connectivity index (χ2v) is 20.3. The largest absolute Gasteiger partial charge is 0.417 e. The monoisotopic (exact) mass is 838 g/mol. The molecule has 0 aliphatic heterocycles. The molecule has 0 amide bonds. The Morgan fingerprint density at radius 3 is 1.53 bits per heavy atom. The maximum Gasteiger partial charge on any atom is 0.255 e. The molecule has 12 heteroatoms. The molecule has 0 fully saturated rings. The Labute approximate surface area is 245 Å². The van der Waals surface area contributed by atoms with Crippen molar-refractivity contribution in [2.45, 2.75) is 4.29 Å². The van der Waals surface area contributed by atoms with Crippen molar-refractivity contribution in [3.63, 3.8) is 0 Å². The van der Waals surface area contributed by atoms with Crippen molar-refractivity contribution in [3.05, 3.63) is 84.6 Å². The van der Waals surface area contributed by atoms with Gasteiger partial charge < -0.3 is 8.83 Å². The molecule has 174 valence electrons. The number of aromatic nitrogens is 4. The SMILES string of the molecule is BrC(Br)(Br)c1nnc(-c2ccc3ccccc3c2)o1.BrC(Br)(Br)c1nnc(-c2ccccc2)o1. The highest BCUT2D eigenvalue weighted by molar-refractivity contribution is 9.39. The molecule has 0 unspecified atom stereocenters. The molecule has 34 heavy (non-hydrogen) atoms. The normalized spacial score (nSPS) is 11.8. The first-order chi connectivity index (χ1) is 16.1. The lowest BCUT2D eigenvalue weighted by Crippen LogP contribution is -1.97. The van der Waals surface area contributed by atoms with E-state index < -0.39 is 4.29 Å². The Balaban J connectivity index is 0.000000166. The highest BCUT2D eigenvalue weighted by Crippen LogP contribution is 2.44. The molecule has 0 spiro atoms. The standard InChI is InChI=1S/C13H7Br3N2O.C9H5Br3N2O/c14-13(15,16)12-18-17-11(19-12)10-6-5-8-3-1-2-4-9(8)7-10;10-9(11,12)8-14-13-7(15-8)6-4-2-1-3-5-6/h1-7H;1-5H. The summed E-state index contributed by atoms with van der Waals surface area (Å²) in [6, 6.07) is 23.8. The van der Waals surface area contributed by atoms with Crippen molar-refractivity contribution in [2.75, 3.05) is 0 Å². The first kappa shape index (κ1) is 26.2. The maximum atomic E-state index is 5.62. The zero-order valence-corrected chi connectivity index (χ0v) is 26.3. The maximum absolute atomic E-state index is 5.62. The van der Waals surface area contributed by atoms with E-state index in [4.69, 9.17) is 8.83 Å². The molecule has 0 saturated carbocycles. The predicted octanol–water partition coefficient (Wildman–Crippen LogP) is 9.22. The molecule has 6 nitrogen and oxygen atoms in total. The van der Waals surface area contributed by atoms with Gasteiger partial charge in [0.15, 0.2) is 0 Å². The third-order valence-corrected chi connectivity index (χ3v) is 6.39. The van der Waals surface area contributed by atoms with Crippen LogP contribution >= 0.6 is 95.6 Å². The van der Waals surface area contributed by atoms with Crippen molar-refractivity contribution in [1.29, 1.82) is 0 Å². The lowest BCUT2D eigenvalue weighted by atomic mass is 10.1. The summed E-state index contributed by atoms with van der Waals surface area (Å²) in [5.41, 5.74) is 1.79. The molecule has 2 heterocycles. The van der Waals surface area contributed by atoms with E-state index in [1.165, 1.54) is 5.39 Å². The number of hydrogen-bond donors (Lipinski definition) is 0. The molecule has 0 bridgehead atoms. The van der Waals surface area contributed by atoms with E-state index in [9.17, 15) is 0 Å². The minimum absolute atomic E-state index is 0.413. The Morgan fingerprint density at radius 1 is 0.500 bits per heavy atom. The summed E-state index contributed by atoms with van der Waals surface area (Å²) in [5, 5.41) is 18.2. The van der Waals surface area contributed by atoms with Crippen LogP contribution in [-0.2, 0) is 4.29 Å². The van der Waals surface area contributed by atoms with E-state index in [-0.39, 0.29) is 0 Å². The molecule has 0 radical (unpaired) electrons. The summed E-state index contributed by atoms with van der Waals surface area (Å²) >= 11 is 20.0. The Kier molecular flexibility index (Phi) is 8.46. The minimum Gasteiger partial charge on any atom is -0.417 e. The van der Waals surface area contributed by atoms with Gasteiger partial charge in [0.05, 0.1) is 0 Å². The number of benzene rings is 3. The first-order valence-electron chi connectivity index (χ1n) is 9.47. The molecule has 5 rings (SSSR count). The summed E-state index contributed by atoms with van der Waals surface area (Å²) in [6.07, 6.45) is 0. The van der Waals surface area contributed by atoms with Gasteiger partial charge in [-0.1, -0.05) is 48.5 Å². The molecule has 2 aromatic heterocycles. The van der Waals surface area contributed by atoms with Gasteiger partial charge in [0.2, 0.25) is 16.1 Å². The quantitative estimate of drug-likeness (QED) is 0.165. The zero-order valence-electron chi connectivity index (χ0n) is 16.8. The first-order valence-corrected chi connectivity index (χ1v) is 14.2. The number of fused-ring (bicyclic) bond motifs is 1. The number of hydrogen-bond acceptors (Lipinski definition) is 6. The van der Waals surface area contributed by atoms with Gasteiger partial charge in [-0.3, -0.25) is 0 Å². The van der Waals surface area contributed by atoms with Gasteiger partial charge in [0.25, 0.3) is 11.8 Å². The van der Waals surface area contributed by atoms with Gasteiger partial charge >= 0.3 is 0 Å². The van der Waals surface area contributed by atoms with Gasteiger partial charge in [0.1, 0.15) is 0 Å². The van der Waals surface area contributed by atoms with Crippen molar-refractivity contribution in [2.24, 2.45) is 0 Å². The Morgan fingerprint density at radius 2 is 1.00 bits per heavy atom. The van der Waals surface area contributed by atoms with Crippen LogP contribution in [0.4, 0.5) is 0 Å². The van der Waals surface area contributed by atoms with Gasteiger partial charge in [-0.2, -0.15) is 0 Å². The van der Waals surface area contributed by atoms with Crippen LogP contribution in [0.25, 0.3) is 33.7 Å². The summed E-state index contributed by atoms with van der Waals surface area (Å²) in [6.45, 7) is 0. The average Bonchev–Trinajstić information content (AvgIpc) is 3.50. The molecule has 5 aromatic rings. The van der Waals surface area contributed by atoms with Crippen molar-refractivity contribution in [3.8, 4) is 22.9 Å². The van der Waals surface area contributed by atoms with Crippen LogP contribution in [0, 0.1) is 0 Å². The second kappa shape index (κ2) is 11.0. The third-order valence-electron chi connectivity index (χ3n) is 4.35. The Hall–Kier alpha value is -0.920. The molecule has 0 N–H and O–H groups in total. The third kappa shape index (κ3) is 6.64. The second-order valence-electron chi connectivity index (χ2n) is 6.75. The fourth-order valence-corrected chi connectivity index (χ4v) is 3.77. The van der Waals surface area contributed by atoms with Crippen LogP contribution in [0.1, 0.15) is 11.8 Å². The highest BCUT2D eigenvalue weighted by Gasteiger charge is 2.29. The van der Waals surface area contributed by atoms with Crippen LogP contribution in [0.15, 0.2) is 81.6 Å². The minimum atomic E-state index is -0.685. The smallest absolute Gasteiger partial charge is 0.255 e. The van der Waals surface area contributed by atoms with E-state index in [1.54, 1.807) is 0 Å². The Bertz CT molecular complexity index is 1390. The summed E-state index contributed by atoms with van der Waals surface area (Å²) < 4.78 is 9.75. The van der Waals surface area contributed by atoms with E-state index in [2.05, 4.69) is 128 Å². The lowest BCUT2D eigenvalue weighted by Gasteiger charge is -2.04. The summed E-state index contributed by atoms with van der Waals surface area (Å²) in [4.78, 5) is 0. The summed E-state index contributed by atoms with van der Waals surface area (Å²) in [5.74, 6) is 1.81. The zero-order chi connectivity index (χ0) is 24.3. The highest BCUT2D eigenvalue weighted by atomic mass is 80.0. The number of nitrogens with zero attached hydrogens (tertiary/aromatic N) is 4. The predicted molar refractivity (Wildman–Crippen MR) is 154 cm³/mol. The van der Waals surface area contributed by atoms with Crippen LogP contribution in [0.5, 0.6) is 0 Å². The van der Waals surface area contributed by atoms with E-state index in [0.717, 1.165) is 16.5 Å². The van der Waals surface area contributed by atoms with Gasteiger partial charge in [-0.15, -0.1) is 20.4 Å². The fourth-order valence-electron chi connectivity index (χ4n) is 2.81. The van der Waals surface area contributed by atoms with Gasteiger partial charge in [-0.25, -0.2) is 0 Å². The van der Waals surface area contributed by atoms with Crippen molar-refractivity contribution in [1.82, 2.24) is 20.4 Å². The van der Waals surface area contributed by atoms with E-state index in [0.29, 0.717) is 23.6 Å². The molecule has 0 aliphatic rings. The van der Waals surface area contributed by atoms with Crippen molar-refractivity contribution < 1.29 is 8.83 Å². The van der Waals surface area contributed by atoms with E-state index >= 15 is 0 Å². The molecular weight excluding hydrogens is 832 g/mol. The van der Waals surface area contributed by atoms with Crippen LogP contribution < -0.4 is 0 Å². The van der Waals surface area contributed by atoms with E-state index in [1.807, 2.05) is 60.7 Å². The van der Waals surface area contributed by atoms with Gasteiger partial charge in [0, 0.05) is 11.1 Å². The molecule has 3 aromatic carbocycles. The number of rotatable bonds is 2. The van der Waals surface area contributed by atoms with Crippen molar-refractivity contribution >= 4 is 106 Å². The number of halogens is 6. The molecule has 0 saturated heterocycles. The topological polar surface area (TPSA) is 77.8 Å². The van der Waals surface area contributed by atoms with Crippen LogP contribution in [0.3, 0.4) is 0 Å². The van der Waals surface area contributed by atoms with Crippen LogP contribution in [-0.4, -0.2) is 20.4 Å². The fraction of sp³-hybridized carbons (Fsp3) is 0.0909. The van der Waals surface area contributed by atoms with Crippen LogP contribution in [0.2, 0.25) is 0 Å². The molecule has 0 atom stereocenters.